The first-order valence-electron chi connectivity index (χ1n) is 5.24. The summed E-state index contributed by atoms with van der Waals surface area (Å²) in [5.74, 6) is 1.84. The Balaban J connectivity index is 2.37. The number of aryl methyl sites for hydroxylation is 1. The molecule has 1 heterocycles. The van der Waals surface area contributed by atoms with Crippen LogP contribution in [-0.4, -0.2) is 21.9 Å². The summed E-state index contributed by atoms with van der Waals surface area (Å²) in [7, 11) is 3.40. The molecule has 0 unspecified atom stereocenters. The number of benzene rings is 1. The first-order chi connectivity index (χ1) is 8.60. The Labute approximate surface area is 110 Å². The maximum absolute atomic E-state index is 5.70. The zero-order chi connectivity index (χ0) is 13.1. The van der Waals surface area contributed by atoms with Gasteiger partial charge in [-0.15, -0.1) is 0 Å². The molecule has 0 aliphatic carbocycles. The van der Waals surface area contributed by atoms with Gasteiger partial charge in [-0.05, 0) is 12.1 Å². The second-order valence-electron chi connectivity index (χ2n) is 3.68. The van der Waals surface area contributed by atoms with Crippen molar-refractivity contribution in [2.24, 2.45) is 12.8 Å². The zero-order valence-corrected chi connectivity index (χ0v) is 10.9. The standard InChI is InChI=1S/C12H13N3O2S/c1-15-7-9(6-14-15)17-11-5-8(16-2)3-4-10(11)12(13)18/h3-7H,1-2H3,(H2,13,18). The third-order valence-corrected chi connectivity index (χ3v) is 2.58. The minimum atomic E-state index is 0.275. The molecule has 0 aliphatic heterocycles. The molecule has 2 rings (SSSR count). The molecule has 0 bridgehead atoms. The van der Waals surface area contributed by atoms with E-state index in [-0.39, 0.29) is 4.99 Å². The van der Waals surface area contributed by atoms with E-state index >= 15 is 0 Å². The number of hydrogen-bond donors (Lipinski definition) is 1. The zero-order valence-electron chi connectivity index (χ0n) is 10.1. The average Bonchev–Trinajstić information content (AvgIpc) is 2.74. The molecule has 0 radical (unpaired) electrons. The van der Waals surface area contributed by atoms with E-state index < -0.39 is 0 Å². The summed E-state index contributed by atoms with van der Waals surface area (Å²) < 4.78 is 12.5. The molecule has 0 saturated heterocycles. The van der Waals surface area contributed by atoms with Crippen LogP contribution in [0.1, 0.15) is 5.56 Å². The topological polar surface area (TPSA) is 62.3 Å². The molecule has 6 heteroatoms. The highest BCUT2D eigenvalue weighted by molar-refractivity contribution is 7.80. The maximum Gasteiger partial charge on any atom is 0.165 e. The van der Waals surface area contributed by atoms with Gasteiger partial charge >= 0.3 is 0 Å². The Bertz CT molecular complexity index is 580. The fourth-order valence-corrected chi connectivity index (χ4v) is 1.66. The van der Waals surface area contributed by atoms with E-state index in [1.165, 1.54) is 0 Å². The molecule has 5 nitrogen and oxygen atoms in total. The van der Waals surface area contributed by atoms with Crippen molar-refractivity contribution in [1.29, 1.82) is 0 Å². The van der Waals surface area contributed by atoms with Crippen molar-refractivity contribution < 1.29 is 9.47 Å². The highest BCUT2D eigenvalue weighted by Crippen LogP contribution is 2.29. The molecule has 2 aromatic rings. The van der Waals surface area contributed by atoms with Crippen LogP contribution in [-0.2, 0) is 7.05 Å². The van der Waals surface area contributed by atoms with Crippen LogP contribution >= 0.6 is 12.2 Å². The van der Waals surface area contributed by atoms with Crippen LogP contribution in [0.2, 0.25) is 0 Å². The molecule has 18 heavy (non-hydrogen) atoms. The highest BCUT2D eigenvalue weighted by atomic mass is 32.1. The van der Waals surface area contributed by atoms with Crippen LogP contribution in [0.4, 0.5) is 0 Å². The van der Waals surface area contributed by atoms with Crippen molar-refractivity contribution in [2.75, 3.05) is 7.11 Å². The predicted molar refractivity (Wildman–Crippen MR) is 72.2 cm³/mol. The summed E-state index contributed by atoms with van der Waals surface area (Å²) in [5, 5.41) is 4.03. The van der Waals surface area contributed by atoms with E-state index in [4.69, 9.17) is 27.4 Å². The summed E-state index contributed by atoms with van der Waals surface area (Å²) in [5.41, 5.74) is 6.32. The molecule has 0 saturated carbocycles. The monoisotopic (exact) mass is 263 g/mol. The molecule has 94 valence electrons. The Hall–Kier alpha value is -2.08. The lowest BCUT2D eigenvalue weighted by atomic mass is 10.2. The van der Waals surface area contributed by atoms with Gasteiger partial charge in [0.25, 0.3) is 0 Å². The fraction of sp³-hybridized carbons (Fsp3) is 0.167. The van der Waals surface area contributed by atoms with E-state index in [1.54, 1.807) is 42.4 Å². The Morgan fingerprint density at radius 3 is 2.72 bits per heavy atom. The van der Waals surface area contributed by atoms with Crippen molar-refractivity contribution in [2.45, 2.75) is 0 Å². The summed E-state index contributed by atoms with van der Waals surface area (Å²) in [4.78, 5) is 0.275. The lowest BCUT2D eigenvalue weighted by Crippen LogP contribution is -2.10. The van der Waals surface area contributed by atoms with Crippen LogP contribution < -0.4 is 15.2 Å². The lowest BCUT2D eigenvalue weighted by molar-refractivity contribution is 0.409. The number of aromatic nitrogens is 2. The van der Waals surface area contributed by atoms with Crippen molar-refractivity contribution in [3.05, 3.63) is 36.2 Å². The largest absolute Gasteiger partial charge is 0.497 e. The molecule has 0 aliphatic rings. The Morgan fingerprint density at radius 2 is 2.17 bits per heavy atom. The molecule has 1 aromatic carbocycles. The first kappa shape index (κ1) is 12.4. The minimum Gasteiger partial charge on any atom is -0.497 e. The van der Waals surface area contributed by atoms with E-state index in [9.17, 15) is 0 Å². The van der Waals surface area contributed by atoms with Gasteiger partial charge < -0.3 is 15.2 Å². The quantitative estimate of drug-likeness (QED) is 0.853. The molecular formula is C12H13N3O2S. The molecule has 0 atom stereocenters. The minimum absolute atomic E-state index is 0.275. The van der Waals surface area contributed by atoms with Gasteiger partial charge in [0.15, 0.2) is 5.75 Å². The second kappa shape index (κ2) is 5.05. The van der Waals surface area contributed by atoms with E-state index in [0.717, 1.165) is 0 Å². The van der Waals surface area contributed by atoms with Crippen molar-refractivity contribution in [3.8, 4) is 17.2 Å². The number of ether oxygens (including phenoxy) is 2. The summed E-state index contributed by atoms with van der Waals surface area (Å²) in [6.07, 6.45) is 3.37. The summed E-state index contributed by atoms with van der Waals surface area (Å²) >= 11 is 4.99. The summed E-state index contributed by atoms with van der Waals surface area (Å²) in [6, 6.07) is 5.29. The smallest absolute Gasteiger partial charge is 0.165 e. The highest BCUT2D eigenvalue weighted by Gasteiger charge is 2.10. The number of hydrogen-bond acceptors (Lipinski definition) is 4. The number of nitrogens with two attached hydrogens (primary N) is 1. The average molecular weight is 263 g/mol. The van der Waals surface area contributed by atoms with Gasteiger partial charge in [-0.1, -0.05) is 12.2 Å². The van der Waals surface area contributed by atoms with Gasteiger partial charge in [0.1, 0.15) is 16.5 Å². The van der Waals surface area contributed by atoms with Crippen LogP contribution in [0, 0.1) is 0 Å². The third-order valence-electron chi connectivity index (χ3n) is 2.36. The van der Waals surface area contributed by atoms with E-state index in [1.807, 2.05) is 7.05 Å². The fourth-order valence-electron chi connectivity index (χ4n) is 1.50. The molecule has 1 aromatic heterocycles. The van der Waals surface area contributed by atoms with E-state index in [2.05, 4.69) is 5.10 Å². The van der Waals surface area contributed by atoms with Crippen molar-refractivity contribution >= 4 is 17.2 Å². The van der Waals surface area contributed by atoms with Gasteiger partial charge in [0, 0.05) is 13.1 Å². The van der Waals surface area contributed by atoms with Crippen LogP contribution in [0.25, 0.3) is 0 Å². The van der Waals surface area contributed by atoms with Crippen LogP contribution in [0.5, 0.6) is 17.2 Å². The number of methoxy groups -OCH3 is 1. The summed E-state index contributed by atoms with van der Waals surface area (Å²) in [6.45, 7) is 0. The van der Waals surface area contributed by atoms with E-state index in [0.29, 0.717) is 22.8 Å². The number of rotatable bonds is 4. The van der Waals surface area contributed by atoms with Crippen LogP contribution in [0.3, 0.4) is 0 Å². The first-order valence-corrected chi connectivity index (χ1v) is 5.65. The lowest BCUT2D eigenvalue weighted by Gasteiger charge is -2.10. The molecular weight excluding hydrogens is 250 g/mol. The molecule has 2 N–H and O–H groups in total. The molecule has 0 spiro atoms. The van der Waals surface area contributed by atoms with Gasteiger partial charge in [0.05, 0.1) is 25.1 Å². The van der Waals surface area contributed by atoms with Gasteiger partial charge in [-0.3, -0.25) is 4.68 Å². The number of nitrogens with zero attached hydrogens (tertiary/aromatic N) is 2. The van der Waals surface area contributed by atoms with Crippen molar-refractivity contribution in [1.82, 2.24) is 9.78 Å². The third kappa shape index (κ3) is 2.60. The SMILES string of the molecule is COc1ccc(C(N)=S)c(Oc2cnn(C)c2)c1. The second-order valence-corrected chi connectivity index (χ2v) is 4.12. The van der Waals surface area contributed by atoms with Gasteiger partial charge in [-0.2, -0.15) is 5.10 Å². The normalized spacial score (nSPS) is 10.1. The Morgan fingerprint density at radius 1 is 1.39 bits per heavy atom. The Kier molecular flexibility index (Phi) is 3.47. The van der Waals surface area contributed by atoms with Gasteiger partial charge in [-0.25, -0.2) is 0 Å². The predicted octanol–water partition coefficient (Wildman–Crippen LogP) is 1.86. The molecule has 0 amide bonds. The maximum atomic E-state index is 5.70. The number of thiocarbonyl (C=S) groups is 1. The molecule has 0 fully saturated rings. The van der Waals surface area contributed by atoms with Crippen LogP contribution in [0.15, 0.2) is 30.6 Å². The van der Waals surface area contributed by atoms with Gasteiger partial charge in [0.2, 0.25) is 0 Å². The van der Waals surface area contributed by atoms with Crippen molar-refractivity contribution in [3.63, 3.8) is 0 Å².